The van der Waals surface area contributed by atoms with Crippen molar-refractivity contribution in [3.8, 4) is 0 Å². The van der Waals surface area contributed by atoms with E-state index in [2.05, 4.69) is 14.9 Å². The number of aromatic nitrogens is 2. The van der Waals surface area contributed by atoms with E-state index in [1.165, 1.54) is 6.42 Å². The second-order valence-electron chi connectivity index (χ2n) is 4.91. The first-order chi connectivity index (χ1) is 8.24. The Labute approximate surface area is 99.6 Å². The number of H-pyrrole nitrogens is 1. The van der Waals surface area contributed by atoms with Crippen LogP contribution in [0.25, 0.3) is 10.9 Å². The van der Waals surface area contributed by atoms with Gasteiger partial charge in [-0.25, -0.2) is 0 Å². The summed E-state index contributed by atoms with van der Waals surface area (Å²) in [6.45, 7) is 5.00. The Hall–Kier alpha value is -1.55. The number of nitrogens with zero attached hydrogens (tertiary/aromatic N) is 1. The standard InChI is InChI=1S/C13H17N3O/c1-9-6-11-3-5-16(12(11)13(17)15-9)8-10-2-4-14-7-10/h3,5-6,10,14H,2,4,7-8H2,1H3,(H,15,17). The number of aryl methyl sites for hydroxylation is 1. The average Bonchev–Trinajstić information content (AvgIpc) is 2.88. The molecule has 0 saturated carbocycles. The van der Waals surface area contributed by atoms with E-state index >= 15 is 0 Å². The third-order valence-electron chi connectivity index (χ3n) is 3.51. The van der Waals surface area contributed by atoms with E-state index in [1.807, 2.05) is 25.3 Å². The Morgan fingerprint density at radius 2 is 2.41 bits per heavy atom. The number of hydrogen-bond donors (Lipinski definition) is 2. The largest absolute Gasteiger partial charge is 0.343 e. The SMILES string of the molecule is Cc1cc2ccn(CC3CCNC3)c2c(=O)[nH]1. The summed E-state index contributed by atoms with van der Waals surface area (Å²) >= 11 is 0. The third kappa shape index (κ3) is 1.89. The number of rotatable bonds is 2. The molecule has 1 aliphatic heterocycles. The van der Waals surface area contributed by atoms with Crippen molar-refractivity contribution >= 4 is 10.9 Å². The molecule has 2 aromatic rings. The van der Waals surface area contributed by atoms with Gasteiger partial charge in [-0.2, -0.15) is 0 Å². The lowest BCUT2D eigenvalue weighted by Crippen LogP contribution is -2.17. The topological polar surface area (TPSA) is 49.8 Å². The number of hydrogen-bond acceptors (Lipinski definition) is 2. The summed E-state index contributed by atoms with van der Waals surface area (Å²) in [5.74, 6) is 0.645. The summed E-state index contributed by atoms with van der Waals surface area (Å²) in [5.41, 5.74) is 1.75. The van der Waals surface area contributed by atoms with Crippen LogP contribution in [0.15, 0.2) is 23.1 Å². The molecular formula is C13H17N3O. The van der Waals surface area contributed by atoms with Crippen LogP contribution in [-0.4, -0.2) is 22.6 Å². The molecule has 1 atom stereocenters. The van der Waals surface area contributed by atoms with Crippen molar-refractivity contribution in [3.63, 3.8) is 0 Å². The van der Waals surface area contributed by atoms with Crippen LogP contribution < -0.4 is 10.9 Å². The fraction of sp³-hybridized carbons (Fsp3) is 0.462. The smallest absolute Gasteiger partial charge is 0.272 e. The van der Waals surface area contributed by atoms with Crippen molar-refractivity contribution in [2.45, 2.75) is 19.9 Å². The van der Waals surface area contributed by atoms with Crippen molar-refractivity contribution in [1.82, 2.24) is 14.9 Å². The van der Waals surface area contributed by atoms with E-state index in [-0.39, 0.29) is 5.56 Å². The summed E-state index contributed by atoms with van der Waals surface area (Å²) in [5, 5.41) is 4.40. The van der Waals surface area contributed by atoms with Gasteiger partial charge in [-0.1, -0.05) is 0 Å². The number of aromatic amines is 1. The van der Waals surface area contributed by atoms with Gasteiger partial charge in [-0.3, -0.25) is 4.79 Å². The maximum absolute atomic E-state index is 12.0. The van der Waals surface area contributed by atoms with E-state index in [0.29, 0.717) is 5.92 Å². The summed E-state index contributed by atoms with van der Waals surface area (Å²) < 4.78 is 2.09. The van der Waals surface area contributed by atoms with Gasteiger partial charge in [0.15, 0.2) is 0 Å². The molecule has 3 rings (SSSR count). The maximum atomic E-state index is 12.0. The van der Waals surface area contributed by atoms with Crippen LogP contribution in [0, 0.1) is 12.8 Å². The average molecular weight is 231 g/mol. The molecule has 90 valence electrons. The van der Waals surface area contributed by atoms with Crippen molar-refractivity contribution in [1.29, 1.82) is 0 Å². The zero-order valence-corrected chi connectivity index (χ0v) is 9.99. The van der Waals surface area contributed by atoms with Gasteiger partial charge in [-0.15, -0.1) is 0 Å². The molecule has 4 heteroatoms. The summed E-state index contributed by atoms with van der Waals surface area (Å²) in [6, 6.07) is 4.06. The van der Waals surface area contributed by atoms with Gasteiger partial charge in [0, 0.05) is 23.8 Å². The first-order valence-corrected chi connectivity index (χ1v) is 6.13. The first kappa shape index (κ1) is 10.6. The van der Waals surface area contributed by atoms with Gasteiger partial charge in [0.05, 0.1) is 0 Å². The molecule has 4 nitrogen and oxygen atoms in total. The fourth-order valence-electron chi connectivity index (χ4n) is 2.68. The molecule has 3 heterocycles. The van der Waals surface area contributed by atoms with Gasteiger partial charge >= 0.3 is 0 Å². The molecule has 1 fully saturated rings. The minimum absolute atomic E-state index is 0.0240. The number of fused-ring (bicyclic) bond motifs is 1. The molecular weight excluding hydrogens is 214 g/mol. The summed E-state index contributed by atoms with van der Waals surface area (Å²) in [7, 11) is 0. The maximum Gasteiger partial charge on any atom is 0.272 e. The molecule has 1 saturated heterocycles. The Morgan fingerprint density at radius 1 is 1.53 bits per heavy atom. The predicted octanol–water partition coefficient (Wildman–Crippen LogP) is 1.25. The van der Waals surface area contributed by atoms with Crippen LogP contribution in [0.1, 0.15) is 12.1 Å². The first-order valence-electron chi connectivity index (χ1n) is 6.13. The van der Waals surface area contributed by atoms with E-state index in [0.717, 1.165) is 36.2 Å². The highest BCUT2D eigenvalue weighted by atomic mass is 16.1. The second-order valence-corrected chi connectivity index (χ2v) is 4.91. The zero-order chi connectivity index (χ0) is 11.8. The number of pyridine rings is 1. The molecule has 1 unspecified atom stereocenters. The monoisotopic (exact) mass is 231 g/mol. The van der Waals surface area contributed by atoms with E-state index in [4.69, 9.17) is 0 Å². The van der Waals surface area contributed by atoms with E-state index < -0.39 is 0 Å². The van der Waals surface area contributed by atoms with Crippen molar-refractivity contribution < 1.29 is 0 Å². The van der Waals surface area contributed by atoms with Crippen LogP contribution in [0.4, 0.5) is 0 Å². The Morgan fingerprint density at radius 3 is 3.18 bits per heavy atom. The van der Waals surface area contributed by atoms with Crippen LogP contribution in [0.3, 0.4) is 0 Å². The van der Waals surface area contributed by atoms with Crippen molar-refractivity contribution in [2.75, 3.05) is 13.1 Å². The molecule has 17 heavy (non-hydrogen) atoms. The molecule has 2 aromatic heterocycles. The normalized spacial score (nSPS) is 20.2. The van der Waals surface area contributed by atoms with Crippen molar-refractivity contribution in [2.24, 2.45) is 5.92 Å². The van der Waals surface area contributed by atoms with Crippen LogP contribution in [0.2, 0.25) is 0 Å². The number of nitrogens with one attached hydrogen (secondary N) is 2. The lowest BCUT2D eigenvalue weighted by molar-refractivity contribution is 0.490. The quantitative estimate of drug-likeness (QED) is 0.817. The van der Waals surface area contributed by atoms with E-state index in [9.17, 15) is 4.79 Å². The molecule has 0 radical (unpaired) electrons. The molecule has 0 aromatic carbocycles. The highest BCUT2D eigenvalue weighted by Gasteiger charge is 2.16. The van der Waals surface area contributed by atoms with Gasteiger partial charge in [0.1, 0.15) is 5.52 Å². The van der Waals surface area contributed by atoms with E-state index in [1.54, 1.807) is 0 Å². The molecule has 0 spiro atoms. The predicted molar refractivity (Wildman–Crippen MR) is 68.3 cm³/mol. The van der Waals surface area contributed by atoms with Crippen LogP contribution in [0.5, 0.6) is 0 Å². The molecule has 1 aliphatic rings. The Balaban J connectivity index is 2.02. The van der Waals surface area contributed by atoms with Gasteiger partial charge in [0.25, 0.3) is 5.56 Å². The van der Waals surface area contributed by atoms with Gasteiger partial charge in [0.2, 0.25) is 0 Å². The third-order valence-corrected chi connectivity index (χ3v) is 3.51. The van der Waals surface area contributed by atoms with Crippen molar-refractivity contribution in [3.05, 3.63) is 34.4 Å². The Kier molecular flexibility index (Phi) is 2.52. The fourth-order valence-corrected chi connectivity index (χ4v) is 2.68. The van der Waals surface area contributed by atoms with Crippen LogP contribution in [-0.2, 0) is 6.54 Å². The van der Waals surface area contributed by atoms with Gasteiger partial charge in [-0.05, 0) is 44.5 Å². The zero-order valence-electron chi connectivity index (χ0n) is 9.99. The minimum Gasteiger partial charge on any atom is -0.343 e. The second kappa shape index (κ2) is 4.04. The lowest BCUT2D eigenvalue weighted by atomic mass is 10.1. The minimum atomic E-state index is 0.0240. The Bertz CT molecular complexity index is 590. The molecule has 0 amide bonds. The lowest BCUT2D eigenvalue weighted by Gasteiger charge is -2.10. The van der Waals surface area contributed by atoms with Crippen LogP contribution >= 0.6 is 0 Å². The summed E-state index contributed by atoms with van der Waals surface area (Å²) in [4.78, 5) is 14.8. The highest BCUT2D eigenvalue weighted by Crippen LogP contribution is 2.16. The highest BCUT2D eigenvalue weighted by molar-refractivity contribution is 5.79. The molecule has 0 aliphatic carbocycles. The molecule has 2 N–H and O–H groups in total. The molecule has 0 bridgehead atoms. The van der Waals surface area contributed by atoms with Gasteiger partial charge < -0.3 is 14.9 Å². The summed E-state index contributed by atoms with van der Waals surface area (Å²) in [6.07, 6.45) is 3.22.